The molecule has 0 radical (unpaired) electrons. The number of hydrogen-bond acceptors (Lipinski definition) is 4. The van der Waals surface area contributed by atoms with E-state index in [1.807, 2.05) is 30.3 Å². The molecule has 0 aromatic heterocycles. The maximum Gasteiger partial charge on any atom is 0.283 e. The number of aliphatic imine (C=N–C) groups is 1. The van der Waals surface area contributed by atoms with E-state index in [2.05, 4.69) is 4.99 Å². The van der Waals surface area contributed by atoms with Gasteiger partial charge in [0, 0.05) is 0 Å². The van der Waals surface area contributed by atoms with Gasteiger partial charge in [-0.25, -0.2) is 9.38 Å². The Hall–Kier alpha value is -2.93. The second kappa shape index (κ2) is 7.31. The molecule has 0 unspecified atom stereocenters. The van der Waals surface area contributed by atoms with Gasteiger partial charge in [0.1, 0.15) is 11.5 Å². The Labute approximate surface area is 148 Å². The van der Waals surface area contributed by atoms with Crippen molar-refractivity contribution in [2.45, 2.75) is 0 Å². The Morgan fingerprint density at radius 1 is 1.16 bits per heavy atom. The van der Waals surface area contributed by atoms with Gasteiger partial charge in [-0.1, -0.05) is 42.1 Å². The number of primary amides is 1. The van der Waals surface area contributed by atoms with Crippen molar-refractivity contribution in [1.82, 2.24) is 0 Å². The van der Waals surface area contributed by atoms with E-state index in [0.29, 0.717) is 10.9 Å². The first-order valence-corrected chi connectivity index (χ1v) is 8.40. The summed E-state index contributed by atoms with van der Waals surface area (Å²) in [6, 6.07) is 14.8. The number of rotatable bonds is 4. The average molecular weight is 355 g/mol. The van der Waals surface area contributed by atoms with Gasteiger partial charge in [-0.15, -0.1) is 0 Å². The molecule has 7 heteroatoms. The van der Waals surface area contributed by atoms with Crippen LogP contribution in [0.1, 0.15) is 5.56 Å². The first kappa shape index (κ1) is 16.9. The Morgan fingerprint density at radius 2 is 1.84 bits per heavy atom. The summed E-state index contributed by atoms with van der Waals surface area (Å²) in [5, 5.41) is 0.331. The van der Waals surface area contributed by atoms with Crippen molar-refractivity contribution in [3.8, 4) is 0 Å². The summed E-state index contributed by atoms with van der Waals surface area (Å²) in [6.07, 6.45) is 1.66. The van der Waals surface area contributed by atoms with Gasteiger partial charge < -0.3 is 5.73 Å². The number of hydrogen-bond donors (Lipinski definition) is 1. The molecule has 2 aromatic rings. The van der Waals surface area contributed by atoms with Gasteiger partial charge in [0.05, 0.1) is 11.4 Å². The molecule has 0 spiro atoms. The SMILES string of the molecule is NC(=O)CSC1=N/C(=C\c2ccccc2)C(=O)N1c1ccc(F)cc1. The number of amides is 2. The lowest BCUT2D eigenvalue weighted by atomic mass is 10.2. The van der Waals surface area contributed by atoms with E-state index >= 15 is 0 Å². The van der Waals surface area contributed by atoms with E-state index in [1.54, 1.807) is 6.08 Å². The van der Waals surface area contributed by atoms with Crippen molar-refractivity contribution in [1.29, 1.82) is 0 Å². The van der Waals surface area contributed by atoms with Crippen molar-refractivity contribution in [3.05, 3.63) is 71.7 Å². The number of amidine groups is 1. The Kier molecular flexibility index (Phi) is 4.95. The summed E-state index contributed by atoms with van der Waals surface area (Å²) in [4.78, 5) is 29.5. The molecule has 0 saturated carbocycles. The first-order chi connectivity index (χ1) is 12.0. The fourth-order valence-corrected chi connectivity index (χ4v) is 3.01. The zero-order chi connectivity index (χ0) is 17.8. The summed E-state index contributed by atoms with van der Waals surface area (Å²) in [5.41, 5.74) is 6.72. The van der Waals surface area contributed by atoms with Crippen LogP contribution in [0.5, 0.6) is 0 Å². The smallest absolute Gasteiger partial charge is 0.283 e. The van der Waals surface area contributed by atoms with Crippen molar-refractivity contribution < 1.29 is 14.0 Å². The van der Waals surface area contributed by atoms with Crippen LogP contribution in [0.15, 0.2) is 65.3 Å². The highest BCUT2D eigenvalue weighted by Crippen LogP contribution is 2.29. The van der Waals surface area contributed by atoms with Gasteiger partial charge in [-0.2, -0.15) is 0 Å². The molecule has 1 aliphatic heterocycles. The van der Waals surface area contributed by atoms with Crippen molar-refractivity contribution >= 4 is 40.5 Å². The molecular weight excluding hydrogens is 341 g/mol. The highest BCUT2D eigenvalue weighted by atomic mass is 32.2. The molecule has 126 valence electrons. The predicted octanol–water partition coefficient (Wildman–Crippen LogP) is 2.79. The number of carbonyl (C=O) groups is 2. The fourth-order valence-electron chi connectivity index (χ4n) is 2.25. The molecule has 1 aliphatic rings. The minimum atomic E-state index is -0.514. The minimum Gasteiger partial charge on any atom is -0.369 e. The minimum absolute atomic E-state index is 0.0115. The van der Waals surface area contributed by atoms with E-state index in [0.717, 1.165) is 17.3 Å². The van der Waals surface area contributed by atoms with Crippen molar-refractivity contribution in [2.24, 2.45) is 10.7 Å². The van der Waals surface area contributed by atoms with Crippen LogP contribution in [0.3, 0.4) is 0 Å². The largest absolute Gasteiger partial charge is 0.369 e. The lowest BCUT2D eigenvalue weighted by Crippen LogP contribution is -2.31. The normalized spacial score (nSPS) is 15.6. The molecular formula is C18H14FN3O2S. The number of nitrogens with two attached hydrogens (primary N) is 1. The maximum atomic E-state index is 13.2. The van der Waals surface area contributed by atoms with Gasteiger partial charge >= 0.3 is 0 Å². The lowest BCUT2D eigenvalue weighted by molar-refractivity contribution is -0.115. The third-order valence-electron chi connectivity index (χ3n) is 3.36. The molecule has 2 amide bonds. The predicted molar refractivity (Wildman–Crippen MR) is 97.4 cm³/mol. The number of halogens is 1. The van der Waals surface area contributed by atoms with Crippen LogP contribution < -0.4 is 10.6 Å². The molecule has 2 N–H and O–H groups in total. The first-order valence-electron chi connectivity index (χ1n) is 7.41. The maximum absolute atomic E-state index is 13.2. The van der Waals surface area contributed by atoms with Crippen LogP contribution in [0.2, 0.25) is 0 Å². The molecule has 5 nitrogen and oxygen atoms in total. The Morgan fingerprint density at radius 3 is 2.48 bits per heavy atom. The summed E-state index contributed by atoms with van der Waals surface area (Å²) >= 11 is 1.06. The quantitative estimate of drug-likeness (QED) is 0.857. The highest BCUT2D eigenvalue weighted by molar-refractivity contribution is 8.14. The number of thioether (sulfide) groups is 1. The topological polar surface area (TPSA) is 75.8 Å². The Bertz CT molecular complexity index is 864. The van der Waals surface area contributed by atoms with Crippen LogP contribution >= 0.6 is 11.8 Å². The third-order valence-corrected chi connectivity index (χ3v) is 4.32. The monoisotopic (exact) mass is 355 g/mol. The van der Waals surface area contributed by atoms with Crippen LogP contribution in [-0.4, -0.2) is 22.7 Å². The zero-order valence-electron chi connectivity index (χ0n) is 13.1. The van der Waals surface area contributed by atoms with Gasteiger partial charge in [0.2, 0.25) is 5.91 Å². The van der Waals surface area contributed by atoms with E-state index in [4.69, 9.17) is 5.73 Å². The van der Waals surface area contributed by atoms with Gasteiger partial charge in [-0.3, -0.25) is 14.5 Å². The fraction of sp³-hybridized carbons (Fsp3) is 0.0556. The van der Waals surface area contributed by atoms with Gasteiger partial charge in [-0.05, 0) is 35.9 Å². The van der Waals surface area contributed by atoms with Crippen LogP contribution in [-0.2, 0) is 9.59 Å². The Balaban J connectivity index is 1.97. The molecule has 0 aliphatic carbocycles. The molecule has 3 rings (SSSR count). The average Bonchev–Trinajstić information content (AvgIpc) is 2.91. The number of carbonyl (C=O) groups excluding carboxylic acids is 2. The molecule has 2 aromatic carbocycles. The van der Waals surface area contributed by atoms with E-state index < -0.39 is 11.7 Å². The second-order valence-corrected chi connectivity index (χ2v) is 6.15. The van der Waals surface area contributed by atoms with Gasteiger partial charge in [0.15, 0.2) is 5.17 Å². The number of nitrogens with zero attached hydrogens (tertiary/aromatic N) is 2. The summed E-state index contributed by atoms with van der Waals surface area (Å²) in [5.74, 6) is -1.27. The summed E-state index contributed by atoms with van der Waals surface area (Å²) in [6.45, 7) is 0. The van der Waals surface area contributed by atoms with E-state index in [-0.39, 0.29) is 17.4 Å². The molecule has 0 atom stereocenters. The van der Waals surface area contributed by atoms with Crippen LogP contribution in [0.4, 0.5) is 10.1 Å². The second-order valence-electron chi connectivity index (χ2n) is 5.21. The standard InChI is InChI=1S/C18H14FN3O2S/c19-13-6-8-14(9-7-13)22-17(24)15(10-12-4-2-1-3-5-12)21-18(22)25-11-16(20)23/h1-10H,11H2,(H2,20,23)/b15-10-. The van der Waals surface area contributed by atoms with Crippen LogP contribution in [0.25, 0.3) is 6.08 Å². The van der Waals surface area contributed by atoms with Crippen molar-refractivity contribution in [3.63, 3.8) is 0 Å². The third kappa shape index (κ3) is 3.95. The number of anilines is 1. The summed E-state index contributed by atoms with van der Waals surface area (Å²) in [7, 11) is 0. The summed E-state index contributed by atoms with van der Waals surface area (Å²) < 4.78 is 13.2. The molecule has 0 fully saturated rings. The zero-order valence-corrected chi connectivity index (χ0v) is 13.9. The lowest BCUT2D eigenvalue weighted by Gasteiger charge is -2.17. The van der Waals surface area contributed by atoms with E-state index in [9.17, 15) is 14.0 Å². The molecule has 0 bridgehead atoms. The molecule has 1 heterocycles. The van der Waals surface area contributed by atoms with Crippen molar-refractivity contribution in [2.75, 3.05) is 10.7 Å². The molecule has 0 saturated heterocycles. The van der Waals surface area contributed by atoms with Crippen LogP contribution in [0, 0.1) is 5.82 Å². The van der Waals surface area contributed by atoms with Gasteiger partial charge in [0.25, 0.3) is 5.91 Å². The molecule has 25 heavy (non-hydrogen) atoms. The van der Waals surface area contributed by atoms with E-state index in [1.165, 1.54) is 29.2 Å². The highest BCUT2D eigenvalue weighted by Gasteiger charge is 2.32. The number of benzene rings is 2.